The van der Waals surface area contributed by atoms with E-state index in [1.807, 2.05) is 12.1 Å². The van der Waals surface area contributed by atoms with Crippen LogP contribution in [-0.4, -0.2) is 23.9 Å². The lowest BCUT2D eigenvalue weighted by molar-refractivity contribution is 0.0957. The number of nitrogens with one attached hydrogen (secondary N) is 1. The van der Waals surface area contributed by atoms with E-state index in [0.717, 1.165) is 6.54 Å². The Hall–Kier alpha value is -0.910. The summed E-state index contributed by atoms with van der Waals surface area (Å²) in [4.78, 5) is 15.7. The normalized spacial score (nSPS) is 17.7. The molecule has 1 aromatic rings. The van der Waals surface area contributed by atoms with Crippen LogP contribution in [0.5, 0.6) is 0 Å². The molecule has 1 fully saturated rings. The van der Waals surface area contributed by atoms with Crippen LogP contribution < -0.4 is 11.3 Å². The molecule has 1 saturated heterocycles. The number of carbonyl (C=O) groups is 1. The van der Waals surface area contributed by atoms with Crippen LogP contribution in [0.1, 0.15) is 40.2 Å². The molecule has 0 aliphatic carbocycles. The first-order valence-electron chi connectivity index (χ1n) is 6.11. The fraction of sp³-hybridized carbons (Fsp3) is 0.583. The molecule has 2 heterocycles. The number of rotatable bonds is 3. The fourth-order valence-electron chi connectivity index (χ4n) is 2.17. The van der Waals surface area contributed by atoms with Gasteiger partial charge in [-0.15, -0.1) is 11.3 Å². The Morgan fingerprint density at radius 2 is 2.00 bits per heavy atom. The Morgan fingerprint density at radius 3 is 2.65 bits per heavy atom. The van der Waals surface area contributed by atoms with E-state index in [0.29, 0.717) is 4.88 Å². The Balaban J connectivity index is 1.93. The van der Waals surface area contributed by atoms with Gasteiger partial charge in [0, 0.05) is 11.4 Å². The molecular weight excluding hydrogens is 234 g/mol. The van der Waals surface area contributed by atoms with Crippen LogP contribution in [0.2, 0.25) is 0 Å². The minimum Gasteiger partial charge on any atom is -0.298 e. The molecule has 5 heteroatoms. The molecule has 3 N–H and O–H groups in total. The van der Waals surface area contributed by atoms with Crippen LogP contribution in [-0.2, 0) is 6.54 Å². The van der Waals surface area contributed by atoms with Crippen LogP contribution in [0.3, 0.4) is 0 Å². The maximum atomic E-state index is 11.3. The van der Waals surface area contributed by atoms with Crippen LogP contribution in [0.4, 0.5) is 0 Å². The van der Waals surface area contributed by atoms with Gasteiger partial charge in [-0.25, -0.2) is 5.84 Å². The summed E-state index contributed by atoms with van der Waals surface area (Å²) < 4.78 is 0. The predicted molar refractivity (Wildman–Crippen MR) is 69.7 cm³/mol. The minimum absolute atomic E-state index is 0.197. The molecule has 0 atom stereocenters. The van der Waals surface area contributed by atoms with Gasteiger partial charge in [0.15, 0.2) is 0 Å². The summed E-state index contributed by atoms with van der Waals surface area (Å²) in [5, 5.41) is 0. The van der Waals surface area contributed by atoms with Crippen LogP contribution in [0.25, 0.3) is 0 Å². The van der Waals surface area contributed by atoms with E-state index in [1.54, 1.807) is 0 Å². The standard InChI is InChI=1S/C12H19N3OS/c13-14-12(16)11-6-5-10(17-11)9-15-7-3-1-2-4-8-15/h5-6H,1-4,7-9,13H2,(H,14,16). The smallest absolute Gasteiger partial charge is 0.275 e. The SMILES string of the molecule is NNC(=O)c1ccc(CN2CCCCCC2)s1. The van der Waals surface area contributed by atoms with Crippen molar-refractivity contribution in [2.45, 2.75) is 32.2 Å². The topological polar surface area (TPSA) is 58.4 Å². The monoisotopic (exact) mass is 253 g/mol. The third-order valence-corrected chi connectivity index (χ3v) is 4.16. The molecule has 17 heavy (non-hydrogen) atoms. The molecule has 0 radical (unpaired) electrons. The Kier molecular flexibility index (Phi) is 4.53. The number of thiophene rings is 1. The summed E-state index contributed by atoms with van der Waals surface area (Å²) in [5.41, 5.74) is 2.17. The third kappa shape index (κ3) is 3.52. The van der Waals surface area contributed by atoms with Gasteiger partial charge in [-0.05, 0) is 38.1 Å². The molecule has 0 spiro atoms. The van der Waals surface area contributed by atoms with Crippen molar-refractivity contribution in [1.29, 1.82) is 0 Å². The van der Waals surface area contributed by atoms with Crippen LogP contribution in [0.15, 0.2) is 12.1 Å². The second-order valence-corrected chi connectivity index (χ2v) is 5.60. The first-order valence-corrected chi connectivity index (χ1v) is 6.93. The Labute approximate surface area is 106 Å². The van der Waals surface area contributed by atoms with E-state index in [-0.39, 0.29) is 5.91 Å². The molecule has 2 rings (SSSR count). The number of hydrogen-bond acceptors (Lipinski definition) is 4. The van der Waals surface area contributed by atoms with Crippen molar-refractivity contribution in [2.24, 2.45) is 5.84 Å². The van der Waals surface area contributed by atoms with Crippen molar-refractivity contribution in [1.82, 2.24) is 10.3 Å². The zero-order chi connectivity index (χ0) is 12.1. The molecule has 1 aliphatic rings. The van der Waals surface area contributed by atoms with Gasteiger partial charge in [0.2, 0.25) is 0 Å². The second kappa shape index (κ2) is 6.14. The number of amides is 1. The quantitative estimate of drug-likeness (QED) is 0.490. The number of hydrazine groups is 1. The molecule has 4 nitrogen and oxygen atoms in total. The number of nitrogens with zero attached hydrogens (tertiary/aromatic N) is 1. The van der Waals surface area contributed by atoms with Gasteiger partial charge in [0.25, 0.3) is 5.91 Å². The highest BCUT2D eigenvalue weighted by Crippen LogP contribution is 2.20. The molecule has 94 valence electrons. The minimum atomic E-state index is -0.197. The first-order chi connectivity index (χ1) is 8.29. The average Bonchev–Trinajstić information content (AvgIpc) is 2.65. The molecule has 0 bridgehead atoms. The number of nitrogen functional groups attached to an aromatic ring is 1. The maximum absolute atomic E-state index is 11.3. The molecule has 1 aromatic heterocycles. The number of hydrogen-bond donors (Lipinski definition) is 2. The Bertz CT molecular complexity index is 370. The highest BCUT2D eigenvalue weighted by atomic mass is 32.1. The van der Waals surface area contributed by atoms with Gasteiger partial charge in [-0.3, -0.25) is 15.1 Å². The van der Waals surface area contributed by atoms with Crippen LogP contribution >= 0.6 is 11.3 Å². The molecular formula is C12H19N3OS. The number of carbonyl (C=O) groups excluding carboxylic acids is 1. The van der Waals surface area contributed by atoms with Crippen molar-refractivity contribution >= 4 is 17.2 Å². The van der Waals surface area contributed by atoms with Crippen molar-refractivity contribution in [3.05, 3.63) is 21.9 Å². The van der Waals surface area contributed by atoms with E-state index in [4.69, 9.17) is 5.84 Å². The summed E-state index contributed by atoms with van der Waals surface area (Å²) in [6, 6.07) is 3.88. The largest absolute Gasteiger partial charge is 0.298 e. The van der Waals surface area contributed by atoms with Crippen LogP contribution in [0, 0.1) is 0 Å². The van der Waals surface area contributed by atoms with Gasteiger partial charge in [-0.1, -0.05) is 12.8 Å². The van der Waals surface area contributed by atoms with E-state index in [9.17, 15) is 4.79 Å². The fourth-order valence-corrected chi connectivity index (χ4v) is 3.12. The number of nitrogens with two attached hydrogens (primary N) is 1. The molecule has 1 amide bonds. The summed E-state index contributed by atoms with van der Waals surface area (Å²) in [6.07, 6.45) is 5.28. The predicted octanol–water partition coefficient (Wildman–Crippen LogP) is 1.73. The van der Waals surface area contributed by atoms with Gasteiger partial charge in [0.05, 0.1) is 4.88 Å². The summed E-state index contributed by atoms with van der Waals surface area (Å²) in [6.45, 7) is 3.31. The van der Waals surface area contributed by atoms with Gasteiger partial charge in [-0.2, -0.15) is 0 Å². The van der Waals surface area contributed by atoms with E-state index >= 15 is 0 Å². The summed E-state index contributed by atoms with van der Waals surface area (Å²) in [7, 11) is 0. The summed E-state index contributed by atoms with van der Waals surface area (Å²) in [5.74, 6) is 4.92. The lowest BCUT2D eigenvalue weighted by Gasteiger charge is -2.18. The van der Waals surface area contributed by atoms with Gasteiger partial charge in [0.1, 0.15) is 0 Å². The average molecular weight is 253 g/mol. The van der Waals surface area contributed by atoms with Gasteiger partial charge >= 0.3 is 0 Å². The maximum Gasteiger partial charge on any atom is 0.275 e. The van der Waals surface area contributed by atoms with Gasteiger partial charge < -0.3 is 0 Å². The van der Waals surface area contributed by atoms with E-state index in [1.165, 1.54) is 55.0 Å². The van der Waals surface area contributed by atoms with E-state index < -0.39 is 0 Å². The van der Waals surface area contributed by atoms with Crippen molar-refractivity contribution in [2.75, 3.05) is 13.1 Å². The zero-order valence-electron chi connectivity index (χ0n) is 9.95. The molecule has 1 aliphatic heterocycles. The highest BCUT2D eigenvalue weighted by molar-refractivity contribution is 7.14. The van der Waals surface area contributed by atoms with Crippen molar-refractivity contribution in [3.63, 3.8) is 0 Å². The lowest BCUT2D eigenvalue weighted by Crippen LogP contribution is -2.29. The third-order valence-electron chi connectivity index (χ3n) is 3.09. The number of likely N-dealkylation sites (tertiary alicyclic amines) is 1. The molecule has 0 aromatic carbocycles. The molecule has 0 saturated carbocycles. The Morgan fingerprint density at radius 1 is 1.29 bits per heavy atom. The van der Waals surface area contributed by atoms with Crippen molar-refractivity contribution < 1.29 is 4.79 Å². The van der Waals surface area contributed by atoms with E-state index in [2.05, 4.69) is 10.3 Å². The second-order valence-electron chi connectivity index (χ2n) is 4.43. The van der Waals surface area contributed by atoms with Crippen molar-refractivity contribution in [3.8, 4) is 0 Å². The summed E-state index contributed by atoms with van der Waals surface area (Å²) >= 11 is 1.53. The lowest BCUT2D eigenvalue weighted by atomic mass is 10.2. The zero-order valence-corrected chi connectivity index (χ0v) is 10.8. The first kappa shape index (κ1) is 12.5. The molecule has 0 unspecified atom stereocenters. The highest BCUT2D eigenvalue weighted by Gasteiger charge is 2.12.